The molecule has 0 aliphatic heterocycles. The minimum Gasteiger partial charge on any atom is -0.456 e. The van der Waals surface area contributed by atoms with Crippen LogP contribution in [0.4, 0.5) is 0 Å². The van der Waals surface area contributed by atoms with Crippen molar-refractivity contribution in [2.45, 2.75) is 26.7 Å². The fourth-order valence-electron chi connectivity index (χ4n) is 3.74. The van der Waals surface area contributed by atoms with E-state index in [9.17, 15) is 0 Å². The first-order valence-electron chi connectivity index (χ1n) is 10.9. The molecule has 2 aromatic heterocycles. The summed E-state index contributed by atoms with van der Waals surface area (Å²) in [5.41, 5.74) is 7.35. The van der Waals surface area contributed by atoms with Gasteiger partial charge in [0.1, 0.15) is 18.4 Å². The maximum Gasteiger partial charge on any atom is 0.216 e. The number of fused-ring (bicyclic) bond motifs is 1. The molecule has 0 aliphatic carbocycles. The number of hydrogen-bond donors (Lipinski definition) is 0. The molecular formula is C30H32NO+. The second-order valence-electron chi connectivity index (χ2n) is 7.90. The average molecular weight is 423 g/mol. The lowest BCUT2D eigenvalue weighted by Crippen LogP contribution is -2.30. The molecule has 0 saturated heterocycles. The van der Waals surface area contributed by atoms with Gasteiger partial charge in [0.15, 0.2) is 6.20 Å². The van der Waals surface area contributed by atoms with Crippen LogP contribution in [0.5, 0.6) is 0 Å². The molecular weight excluding hydrogens is 390 g/mol. The topological polar surface area (TPSA) is 17.0 Å². The Balaban J connectivity index is 2.13. The third-order valence-electron chi connectivity index (χ3n) is 5.53. The second kappa shape index (κ2) is 10.6. The quantitative estimate of drug-likeness (QED) is 0.197. The Bertz CT molecular complexity index is 1250. The SMILES string of the molecule is C=CC(=C)/C=C\C(=C)/C=C\c1oc2c(-c3cccc[n+]3C)c(C)ccc2c1CC/C=C\C. The molecule has 3 rings (SSSR count). The Morgan fingerprint density at radius 2 is 1.84 bits per heavy atom. The van der Waals surface area contributed by atoms with E-state index in [1.165, 1.54) is 16.5 Å². The van der Waals surface area contributed by atoms with Crippen LogP contribution in [0.25, 0.3) is 28.3 Å². The molecule has 3 aromatic rings. The monoisotopic (exact) mass is 422 g/mol. The molecule has 0 N–H and O–H groups in total. The van der Waals surface area contributed by atoms with Crippen LogP contribution >= 0.6 is 0 Å². The second-order valence-corrected chi connectivity index (χ2v) is 7.90. The van der Waals surface area contributed by atoms with Crippen LogP contribution in [-0.4, -0.2) is 0 Å². The predicted molar refractivity (Wildman–Crippen MR) is 137 cm³/mol. The highest BCUT2D eigenvalue weighted by Gasteiger charge is 2.21. The maximum absolute atomic E-state index is 6.53. The molecule has 0 radical (unpaired) electrons. The number of aryl methyl sites for hydroxylation is 3. The highest BCUT2D eigenvalue weighted by molar-refractivity contribution is 5.96. The van der Waals surface area contributed by atoms with Crippen molar-refractivity contribution in [1.82, 2.24) is 0 Å². The molecule has 0 bridgehead atoms. The Morgan fingerprint density at radius 3 is 2.56 bits per heavy atom. The van der Waals surface area contributed by atoms with Crippen LogP contribution < -0.4 is 4.57 Å². The molecule has 0 atom stereocenters. The molecule has 162 valence electrons. The number of pyridine rings is 1. The zero-order valence-electron chi connectivity index (χ0n) is 19.4. The lowest BCUT2D eigenvalue weighted by atomic mass is 9.98. The van der Waals surface area contributed by atoms with E-state index in [-0.39, 0.29) is 0 Å². The Labute approximate surface area is 191 Å². The van der Waals surface area contributed by atoms with Gasteiger partial charge >= 0.3 is 0 Å². The highest BCUT2D eigenvalue weighted by atomic mass is 16.3. The zero-order valence-corrected chi connectivity index (χ0v) is 19.4. The van der Waals surface area contributed by atoms with Gasteiger partial charge in [-0.25, -0.2) is 4.57 Å². The van der Waals surface area contributed by atoms with Crippen LogP contribution in [0.1, 0.15) is 30.2 Å². The van der Waals surface area contributed by atoms with E-state index in [4.69, 9.17) is 4.42 Å². The van der Waals surface area contributed by atoms with Crippen LogP contribution in [0.3, 0.4) is 0 Å². The largest absolute Gasteiger partial charge is 0.456 e. The molecule has 2 nitrogen and oxygen atoms in total. The van der Waals surface area contributed by atoms with Gasteiger partial charge in [-0.3, -0.25) is 0 Å². The van der Waals surface area contributed by atoms with Gasteiger partial charge in [0.25, 0.3) is 0 Å². The van der Waals surface area contributed by atoms with E-state index < -0.39 is 0 Å². The first kappa shape index (κ1) is 23.0. The van der Waals surface area contributed by atoms with Crippen molar-refractivity contribution in [3.8, 4) is 11.3 Å². The minimum atomic E-state index is 0.853. The van der Waals surface area contributed by atoms with Crippen LogP contribution in [-0.2, 0) is 13.5 Å². The molecule has 1 aromatic carbocycles. The smallest absolute Gasteiger partial charge is 0.216 e. The lowest BCUT2D eigenvalue weighted by Gasteiger charge is -2.05. The normalized spacial score (nSPS) is 11.8. The van der Waals surface area contributed by atoms with Crippen molar-refractivity contribution in [3.05, 3.63) is 121 Å². The number of aromatic nitrogens is 1. The van der Waals surface area contributed by atoms with Crippen molar-refractivity contribution in [1.29, 1.82) is 0 Å². The first-order chi connectivity index (χ1) is 15.5. The van der Waals surface area contributed by atoms with Crippen LogP contribution in [0.2, 0.25) is 0 Å². The summed E-state index contributed by atoms with van der Waals surface area (Å²) in [5.74, 6) is 0.882. The number of rotatable bonds is 9. The molecule has 0 amide bonds. The van der Waals surface area contributed by atoms with Gasteiger partial charge in [-0.15, -0.1) is 0 Å². The predicted octanol–water partition coefficient (Wildman–Crippen LogP) is 7.61. The third kappa shape index (κ3) is 5.15. The Morgan fingerprint density at radius 1 is 1.06 bits per heavy atom. The number of allylic oxidation sites excluding steroid dienone is 8. The van der Waals surface area contributed by atoms with Gasteiger partial charge in [-0.1, -0.05) is 68.3 Å². The van der Waals surface area contributed by atoms with E-state index in [0.29, 0.717) is 0 Å². The van der Waals surface area contributed by atoms with E-state index >= 15 is 0 Å². The van der Waals surface area contributed by atoms with Crippen molar-refractivity contribution in [2.75, 3.05) is 0 Å². The summed E-state index contributed by atoms with van der Waals surface area (Å²) in [4.78, 5) is 0. The van der Waals surface area contributed by atoms with Gasteiger partial charge in [0, 0.05) is 23.1 Å². The lowest BCUT2D eigenvalue weighted by molar-refractivity contribution is -0.660. The summed E-state index contributed by atoms with van der Waals surface area (Å²) in [6.45, 7) is 15.9. The number of furan rings is 1. The van der Waals surface area contributed by atoms with E-state index in [1.54, 1.807) is 6.08 Å². The maximum atomic E-state index is 6.53. The first-order valence-corrected chi connectivity index (χ1v) is 10.9. The molecule has 0 unspecified atom stereocenters. The molecule has 32 heavy (non-hydrogen) atoms. The summed E-state index contributed by atoms with van der Waals surface area (Å²) in [5, 5.41) is 1.17. The number of hydrogen-bond acceptors (Lipinski definition) is 1. The minimum absolute atomic E-state index is 0.853. The summed E-state index contributed by atoms with van der Waals surface area (Å²) >= 11 is 0. The molecule has 2 heteroatoms. The zero-order chi connectivity index (χ0) is 23.1. The van der Waals surface area contributed by atoms with Crippen molar-refractivity contribution in [2.24, 2.45) is 7.05 Å². The summed E-state index contributed by atoms with van der Waals surface area (Å²) in [7, 11) is 2.07. The molecule has 0 saturated carbocycles. The Hall–Kier alpha value is -3.65. The van der Waals surface area contributed by atoms with Gasteiger partial charge in [-0.05, 0) is 55.5 Å². The van der Waals surface area contributed by atoms with E-state index in [0.717, 1.165) is 46.6 Å². The van der Waals surface area contributed by atoms with Crippen molar-refractivity contribution < 1.29 is 8.98 Å². The van der Waals surface area contributed by atoms with Crippen molar-refractivity contribution in [3.63, 3.8) is 0 Å². The average Bonchev–Trinajstić information content (AvgIpc) is 3.14. The molecule has 0 spiro atoms. The Kier molecular flexibility index (Phi) is 7.62. The van der Waals surface area contributed by atoms with Gasteiger partial charge in [0.05, 0.1) is 5.56 Å². The molecule has 0 fully saturated rings. The van der Waals surface area contributed by atoms with Gasteiger partial charge in [-0.2, -0.15) is 0 Å². The summed E-state index contributed by atoms with van der Waals surface area (Å²) in [6, 6.07) is 10.6. The highest BCUT2D eigenvalue weighted by Crippen LogP contribution is 2.36. The summed E-state index contributed by atoms with van der Waals surface area (Å²) < 4.78 is 8.66. The van der Waals surface area contributed by atoms with Crippen LogP contribution in [0.15, 0.2) is 108 Å². The number of nitrogens with zero attached hydrogens (tertiary/aromatic N) is 1. The van der Waals surface area contributed by atoms with E-state index in [1.807, 2.05) is 30.4 Å². The standard InChI is InChI=1S/C30H32NO/c1-7-9-10-13-25-26-19-18-24(5)29(27-14-11-12-21-31(27)6)30(26)32-28(25)20-17-23(4)16-15-22(3)8-2/h7-9,11-12,14-21H,2-4,10,13H2,1,5-6H3/q+1/b9-7-,16-15-,20-17-. The molecule has 2 heterocycles. The number of benzene rings is 1. The fraction of sp³-hybridized carbons (Fsp3) is 0.167. The van der Waals surface area contributed by atoms with E-state index in [2.05, 4.69) is 87.8 Å². The van der Waals surface area contributed by atoms with Gasteiger partial charge < -0.3 is 4.42 Å². The van der Waals surface area contributed by atoms with Gasteiger partial charge in [0.2, 0.25) is 5.69 Å². The van der Waals surface area contributed by atoms with Crippen LogP contribution in [0, 0.1) is 6.92 Å². The van der Waals surface area contributed by atoms with Crippen molar-refractivity contribution >= 4 is 17.0 Å². The summed E-state index contributed by atoms with van der Waals surface area (Å²) in [6.07, 6.45) is 17.8. The molecule has 0 aliphatic rings. The third-order valence-corrected chi connectivity index (χ3v) is 5.53. The fourth-order valence-corrected chi connectivity index (χ4v) is 3.74.